The Labute approximate surface area is 164 Å². The molecular weight excluding hydrogens is 360 g/mol. The summed E-state index contributed by atoms with van der Waals surface area (Å²) in [7, 11) is 3.28. The fraction of sp³-hybridized carbons (Fsp3) is 0.550. The van der Waals surface area contributed by atoms with Gasteiger partial charge in [0.15, 0.2) is 22.5 Å². The molecule has 0 N–H and O–H groups in total. The van der Waals surface area contributed by atoms with Gasteiger partial charge in [0.1, 0.15) is 0 Å². The lowest BCUT2D eigenvalue weighted by Crippen LogP contribution is -2.15. The largest absolute Gasteiger partial charge is 0.493 e. The summed E-state index contributed by atoms with van der Waals surface area (Å²) in [5, 5.41) is 18.7. The Bertz CT molecular complexity index is 794. The molecule has 1 heterocycles. The number of hydrogen-bond donors (Lipinski definition) is 0. The second kappa shape index (κ2) is 9.65. The van der Waals surface area contributed by atoms with Crippen molar-refractivity contribution in [3.05, 3.63) is 18.2 Å². The van der Waals surface area contributed by atoms with E-state index in [1.807, 2.05) is 18.2 Å². The first kappa shape index (κ1) is 19.6. The van der Waals surface area contributed by atoms with Crippen LogP contribution in [0.15, 0.2) is 23.4 Å². The molecule has 0 radical (unpaired) electrons. The van der Waals surface area contributed by atoms with E-state index in [4.69, 9.17) is 14.7 Å². The lowest BCUT2D eigenvalue weighted by atomic mass is 9.95. The molecule has 7 heteroatoms. The highest BCUT2D eigenvalue weighted by atomic mass is 32.2. The maximum atomic E-state index is 8.75. The minimum Gasteiger partial charge on any atom is -0.493 e. The number of thioether (sulfide) groups is 1. The third kappa shape index (κ3) is 4.56. The van der Waals surface area contributed by atoms with E-state index in [0.29, 0.717) is 24.0 Å². The predicted molar refractivity (Wildman–Crippen MR) is 106 cm³/mol. The van der Waals surface area contributed by atoms with Crippen LogP contribution in [-0.2, 0) is 0 Å². The maximum Gasteiger partial charge on any atom is 0.191 e. The zero-order valence-electron chi connectivity index (χ0n) is 16.0. The first-order valence-electron chi connectivity index (χ1n) is 9.45. The third-order valence-corrected chi connectivity index (χ3v) is 5.94. The molecule has 3 rings (SSSR count). The molecule has 27 heavy (non-hydrogen) atoms. The Balaban J connectivity index is 1.94. The monoisotopic (exact) mass is 386 g/mol. The second-order valence-corrected chi connectivity index (χ2v) is 7.71. The van der Waals surface area contributed by atoms with Gasteiger partial charge in [0.2, 0.25) is 0 Å². The molecular formula is C20H26N4O2S. The van der Waals surface area contributed by atoms with E-state index in [-0.39, 0.29) is 0 Å². The Kier molecular flexibility index (Phi) is 6.99. The van der Waals surface area contributed by atoms with Crippen LogP contribution in [0.3, 0.4) is 0 Å². The average molecular weight is 387 g/mol. The average Bonchev–Trinajstić information content (AvgIpc) is 3.15. The minimum absolute atomic E-state index is 0.426. The van der Waals surface area contributed by atoms with Crippen LogP contribution in [0.1, 0.15) is 51.0 Å². The van der Waals surface area contributed by atoms with Gasteiger partial charge in [-0.3, -0.25) is 4.57 Å². The Hall–Kier alpha value is -2.20. The summed E-state index contributed by atoms with van der Waals surface area (Å²) in [6, 6.07) is 8.51. The standard InChI is InChI=1S/C20H26N4O2S/c1-25-17-11-10-15(14-18(17)26-2)19-22-23-20(27-13-7-6-12-21)24(19)16-8-4-3-5-9-16/h10-11,14,16H,3-9,13H2,1-2H3. The first-order valence-corrected chi connectivity index (χ1v) is 10.4. The van der Waals surface area contributed by atoms with Gasteiger partial charge in [-0.2, -0.15) is 5.26 Å². The molecule has 0 amide bonds. The van der Waals surface area contributed by atoms with Crippen molar-refractivity contribution in [2.24, 2.45) is 0 Å². The van der Waals surface area contributed by atoms with Gasteiger partial charge in [-0.05, 0) is 37.5 Å². The molecule has 1 aromatic carbocycles. The topological polar surface area (TPSA) is 73.0 Å². The molecule has 1 aromatic heterocycles. The van der Waals surface area contributed by atoms with Crippen LogP contribution >= 0.6 is 11.8 Å². The quantitative estimate of drug-likeness (QED) is 0.476. The summed E-state index contributed by atoms with van der Waals surface area (Å²) in [5.41, 5.74) is 0.981. The van der Waals surface area contributed by atoms with E-state index in [1.54, 1.807) is 26.0 Å². The molecule has 1 aliphatic rings. The summed E-state index contributed by atoms with van der Waals surface area (Å²) in [6.45, 7) is 0. The number of hydrogen-bond acceptors (Lipinski definition) is 6. The van der Waals surface area contributed by atoms with Crippen molar-refractivity contribution in [1.82, 2.24) is 14.8 Å². The molecule has 0 bridgehead atoms. The van der Waals surface area contributed by atoms with Crippen molar-refractivity contribution in [3.63, 3.8) is 0 Å². The molecule has 0 spiro atoms. The van der Waals surface area contributed by atoms with Gasteiger partial charge in [0.05, 0.1) is 20.3 Å². The Morgan fingerprint density at radius 3 is 2.63 bits per heavy atom. The Morgan fingerprint density at radius 1 is 1.15 bits per heavy atom. The highest BCUT2D eigenvalue weighted by Gasteiger charge is 2.24. The van der Waals surface area contributed by atoms with E-state index < -0.39 is 0 Å². The minimum atomic E-state index is 0.426. The fourth-order valence-corrected chi connectivity index (χ4v) is 4.48. The summed E-state index contributed by atoms with van der Waals surface area (Å²) < 4.78 is 13.1. The predicted octanol–water partition coefficient (Wildman–Crippen LogP) is 4.86. The molecule has 1 saturated carbocycles. The lowest BCUT2D eigenvalue weighted by molar-refractivity contribution is 0.339. The second-order valence-electron chi connectivity index (χ2n) is 6.65. The van der Waals surface area contributed by atoms with Gasteiger partial charge in [0, 0.05) is 23.8 Å². The lowest BCUT2D eigenvalue weighted by Gasteiger charge is -2.25. The van der Waals surface area contributed by atoms with Crippen LogP contribution in [0, 0.1) is 11.3 Å². The molecule has 0 saturated heterocycles. The number of benzene rings is 1. The number of methoxy groups -OCH3 is 2. The zero-order chi connectivity index (χ0) is 19.1. The molecule has 2 aromatic rings. The maximum absolute atomic E-state index is 8.75. The number of unbranched alkanes of at least 4 members (excludes halogenated alkanes) is 1. The summed E-state index contributed by atoms with van der Waals surface area (Å²) in [5.74, 6) is 3.16. The molecule has 0 unspecified atom stereocenters. The van der Waals surface area contributed by atoms with Crippen molar-refractivity contribution in [2.45, 2.75) is 56.1 Å². The van der Waals surface area contributed by atoms with Crippen molar-refractivity contribution in [2.75, 3.05) is 20.0 Å². The van der Waals surface area contributed by atoms with Crippen molar-refractivity contribution < 1.29 is 9.47 Å². The van der Waals surface area contributed by atoms with E-state index in [0.717, 1.165) is 41.6 Å². The van der Waals surface area contributed by atoms with Crippen LogP contribution in [0.2, 0.25) is 0 Å². The molecule has 0 atom stereocenters. The van der Waals surface area contributed by atoms with Gasteiger partial charge in [0.25, 0.3) is 0 Å². The van der Waals surface area contributed by atoms with Gasteiger partial charge >= 0.3 is 0 Å². The summed E-state index contributed by atoms with van der Waals surface area (Å²) in [4.78, 5) is 0. The molecule has 1 aliphatic carbocycles. The zero-order valence-corrected chi connectivity index (χ0v) is 16.8. The smallest absolute Gasteiger partial charge is 0.191 e. The SMILES string of the molecule is COc1ccc(-c2nnc(SCCCC#N)n2C2CCCCC2)cc1OC. The fourth-order valence-electron chi connectivity index (χ4n) is 3.53. The van der Waals surface area contributed by atoms with Crippen molar-refractivity contribution in [3.8, 4) is 29.0 Å². The van der Waals surface area contributed by atoms with Gasteiger partial charge in [-0.1, -0.05) is 31.0 Å². The number of ether oxygens (including phenoxy) is 2. The van der Waals surface area contributed by atoms with Gasteiger partial charge in [-0.25, -0.2) is 0 Å². The van der Waals surface area contributed by atoms with Crippen molar-refractivity contribution in [1.29, 1.82) is 5.26 Å². The normalized spacial score (nSPS) is 14.7. The number of nitrogens with zero attached hydrogens (tertiary/aromatic N) is 4. The van der Waals surface area contributed by atoms with Crippen LogP contribution in [-0.4, -0.2) is 34.7 Å². The van der Waals surface area contributed by atoms with Crippen LogP contribution < -0.4 is 9.47 Å². The van der Waals surface area contributed by atoms with Crippen LogP contribution in [0.25, 0.3) is 11.4 Å². The van der Waals surface area contributed by atoms with E-state index >= 15 is 0 Å². The van der Waals surface area contributed by atoms with E-state index in [1.165, 1.54) is 19.3 Å². The summed E-state index contributed by atoms with van der Waals surface area (Å²) in [6.07, 6.45) is 7.54. The highest BCUT2D eigenvalue weighted by Crippen LogP contribution is 2.38. The van der Waals surface area contributed by atoms with Gasteiger partial charge in [-0.15, -0.1) is 10.2 Å². The summed E-state index contributed by atoms with van der Waals surface area (Å²) >= 11 is 1.70. The Morgan fingerprint density at radius 2 is 1.93 bits per heavy atom. The van der Waals surface area contributed by atoms with Crippen LogP contribution in [0.4, 0.5) is 0 Å². The van der Waals surface area contributed by atoms with Crippen LogP contribution in [0.5, 0.6) is 11.5 Å². The highest BCUT2D eigenvalue weighted by molar-refractivity contribution is 7.99. The molecule has 144 valence electrons. The number of rotatable bonds is 8. The van der Waals surface area contributed by atoms with Gasteiger partial charge < -0.3 is 9.47 Å². The van der Waals surface area contributed by atoms with Crippen molar-refractivity contribution >= 4 is 11.8 Å². The molecule has 6 nitrogen and oxygen atoms in total. The van der Waals surface area contributed by atoms with E-state index in [9.17, 15) is 0 Å². The molecule has 1 fully saturated rings. The number of aromatic nitrogens is 3. The first-order chi connectivity index (χ1) is 13.3. The number of nitriles is 1. The molecule has 0 aliphatic heterocycles. The van der Waals surface area contributed by atoms with E-state index in [2.05, 4.69) is 20.8 Å². The third-order valence-electron chi connectivity index (χ3n) is 4.91.